The molecule has 0 fully saturated rings. The lowest BCUT2D eigenvalue weighted by Gasteiger charge is -2.08. The van der Waals surface area contributed by atoms with Crippen LogP contribution in [0.2, 0.25) is 0 Å². The predicted octanol–water partition coefficient (Wildman–Crippen LogP) is 2.38. The van der Waals surface area contributed by atoms with Crippen molar-refractivity contribution in [3.8, 4) is 0 Å². The molecule has 2 nitrogen and oxygen atoms in total. The van der Waals surface area contributed by atoms with Crippen LogP contribution in [-0.2, 0) is 10.8 Å². The molecule has 15 heavy (non-hydrogen) atoms. The molecule has 0 radical (unpaired) electrons. The van der Waals surface area contributed by atoms with E-state index < -0.39 is 10.8 Å². The van der Waals surface area contributed by atoms with Crippen molar-refractivity contribution in [3.05, 3.63) is 35.3 Å². The van der Waals surface area contributed by atoms with Crippen LogP contribution in [0.25, 0.3) is 0 Å². The molecule has 0 amide bonds. The zero-order valence-electron chi connectivity index (χ0n) is 10.0. The normalized spacial score (nSPS) is 25.3. The molecule has 1 aliphatic heterocycles. The van der Waals surface area contributed by atoms with E-state index in [-0.39, 0.29) is 6.04 Å². The van der Waals surface area contributed by atoms with E-state index in [2.05, 4.69) is 11.9 Å². The quantitative estimate of drug-likeness (QED) is 0.802. The summed E-state index contributed by atoms with van der Waals surface area (Å²) < 4.78 is 11.6. The zero-order valence-corrected chi connectivity index (χ0v) is 10.9. The minimum atomic E-state index is -0.874. The van der Waals surface area contributed by atoms with Crippen molar-refractivity contribution in [2.24, 2.45) is 0 Å². The third-order valence-electron chi connectivity index (χ3n) is 2.10. The van der Waals surface area contributed by atoms with Crippen LogP contribution >= 0.6 is 0 Å². The Morgan fingerprint density at radius 3 is 2.53 bits per heavy atom. The summed E-state index contributed by atoms with van der Waals surface area (Å²) in [7, 11) is 1.01. The fourth-order valence-corrected chi connectivity index (χ4v) is 2.95. The van der Waals surface area contributed by atoms with Crippen molar-refractivity contribution in [3.63, 3.8) is 0 Å². The van der Waals surface area contributed by atoms with E-state index in [4.69, 9.17) is 0 Å². The average molecular weight is 227 g/mol. The lowest BCUT2D eigenvalue weighted by atomic mass is 10.1. The van der Waals surface area contributed by atoms with E-state index in [0.717, 1.165) is 10.5 Å². The second kappa shape index (κ2) is 7.60. The van der Waals surface area contributed by atoms with Crippen molar-refractivity contribution in [1.29, 1.82) is 0 Å². The molecule has 2 atom stereocenters. The van der Waals surface area contributed by atoms with Gasteiger partial charge in [-0.1, -0.05) is 38.7 Å². The third-order valence-corrected chi connectivity index (χ3v) is 3.63. The van der Waals surface area contributed by atoms with E-state index in [9.17, 15) is 4.21 Å². The van der Waals surface area contributed by atoms with Gasteiger partial charge in [-0.25, -0.2) is 0 Å². The van der Waals surface area contributed by atoms with Gasteiger partial charge in [-0.3, -0.25) is 4.21 Å². The summed E-state index contributed by atoms with van der Waals surface area (Å²) in [5.74, 6) is 0.664. The molecule has 1 N–H and O–H groups in total. The van der Waals surface area contributed by atoms with Crippen LogP contribution in [0.1, 0.15) is 20.8 Å². The molecule has 3 heteroatoms. The van der Waals surface area contributed by atoms with Crippen LogP contribution in [-0.4, -0.2) is 23.1 Å². The first kappa shape index (κ1) is 14.3. The van der Waals surface area contributed by atoms with E-state index in [0.29, 0.717) is 5.75 Å². The summed E-state index contributed by atoms with van der Waals surface area (Å²) in [6.45, 7) is 9.64. The molecule has 0 aromatic heterocycles. The Morgan fingerprint density at radius 2 is 2.13 bits per heavy atom. The van der Waals surface area contributed by atoms with Gasteiger partial charge in [0.05, 0.1) is 10.8 Å². The fourth-order valence-electron chi connectivity index (χ4n) is 1.46. The minimum Gasteiger partial charge on any atom is -0.312 e. The predicted molar refractivity (Wildman–Crippen MR) is 69.2 cm³/mol. The number of hydrogen-bond acceptors (Lipinski definition) is 2. The summed E-state index contributed by atoms with van der Waals surface area (Å²) in [5.41, 5.74) is 1.11. The highest BCUT2D eigenvalue weighted by Crippen LogP contribution is 2.24. The SMILES string of the molecule is C=CC1=C(/C=C\C)C(NC)CS1=O.CC. The Kier molecular flexibility index (Phi) is 7.26. The molecule has 0 saturated heterocycles. The average Bonchev–Trinajstić information content (AvgIpc) is 2.58. The monoisotopic (exact) mass is 227 g/mol. The van der Waals surface area contributed by atoms with Crippen molar-refractivity contribution in [2.45, 2.75) is 26.8 Å². The second-order valence-corrected chi connectivity index (χ2v) is 4.34. The van der Waals surface area contributed by atoms with Gasteiger partial charge in [0.2, 0.25) is 0 Å². The number of hydrogen-bond donors (Lipinski definition) is 1. The molecule has 86 valence electrons. The summed E-state index contributed by atoms with van der Waals surface area (Å²) in [4.78, 5) is 0.873. The molecule has 0 spiro atoms. The van der Waals surface area contributed by atoms with Gasteiger partial charge in [0, 0.05) is 16.7 Å². The summed E-state index contributed by atoms with van der Waals surface area (Å²) >= 11 is 0. The van der Waals surface area contributed by atoms with Gasteiger partial charge in [0.25, 0.3) is 0 Å². The first-order chi connectivity index (χ1) is 7.24. The van der Waals surface area contributed by atoms with Crippen LogP contribution in [0.15, 0.2) is 35.3 Å². The zero-order chi connectivity index (χ0) is 11.8. The van der Waals surface area contributed by atoms with Gasteiger partial charge >= 0.3 is 0 Å². The number of nitrogens with one attached hydrogen (secondary N) is 1. The lowest BCUT2D eigenvalue weighted by Crippen LogP contribution is -2.27. The van der Waals surface area contributed by atoms with Crippen molar-refractivity contribution < 1.29 is 4.21 Å². The Morgan fingerprint density at radius 1 is 1.53 bits per heavy atom. The minimum absolute atomic E-state index is 0.213. The van der Waals surface area contributed by atoms with Gasteiger partial charge in [-0.2, -0.15) is 0 Å². The second-order valence-electron chi connectivity index (χ2n) is 2.88. The third kappa shape index (κ3) is 3.43. The Bertz CT molecular complexity index is 292. The van der Waals surface area contributed by atoms with Crippen molar-refractivity contribution in [1.82, 2.24) is 5.32 Å². The highest BCUT2D eigenvalue weighted by atomic mass is 32.2. The molecule has 0 aromatic rings. The maximum Gasteiger partial charge on any atom is 0.0552 e. The molecule has 0 aliphatic carbocycles. The van der Waals surface area contributed by atoms with Crippen molar-refractivity contribution >= 4 is 10.8 Å². The van der Waals surface area contributed by atoms with E-state index in [1.807, 2.05) is 40.0 Å². The molecular weight excluding hydrogens is 206 g/mol. The largest absolute Gasteiger partial charge is 0.312 e. The van der Waals surface area contributed by atoms with Gasteiger partial charge in [-0.15, -0.1) is 0 Å². The highest BCUT2D eigenvalue weighted by Gasteiger charge is 2.26. The first-order valence-electron chi connectivity index (χ1n) is 5.29. The molecular formula is C12H21NOS. The van der Waals surface area contributed by atoms with Crippen LogP contribution in [0.3, 0.4) is 0 Å². The summed E-state index contributed by atoms with van der Waals surface area (Å²) in [5, 5.41) is 3.14. The number of likely N-dealkylation sites (N-methyl/N-ethyl adjacent to an activating group) is 1. The van der Waals surface area contributed by atoms with Crippen molar-refractivity contribution in [2.75, 3.05) is 12.8 Å². The lowest BCUT2D eigenvalue weighted by molar-refractivity contribution is 0.676. The molecule has 0 saturated carbocycles. The van der Waals surface area contributed by atoms with Gasteiger partial charge in [0.1, 0.15) is 0 Å². The van der Waals surface area contributed by atoms with E-state index >= 15 is 0 Å². The van der Waals surface area contributed by atoms with E-state index in [1.165, 1.54) is 0 Å². The Balaban J connectivity index is 0.000000921. The Hall–Kier alpha value is -0.670. The van der Waals surface area contributed by atoms with Gasteiger partial charge in [-0.05, 0) is 19.5 Å². The maximum atomic E-state index is 11.6. The summed E-state index contributed by atoms with van der Waals surface area (Å²) in [6, 6.07) is 0.213. The van der Waals surface area contributed by atoms with Crippen LogP contribution in [0.4, 0.5) is 0 Å². The smallest absolute Gasteiger partial charge is 0.0552 e. The van der Waals surface area contributed by atoms with Crippen LogP contribution in [0, 0.1) is 0 Å². The maximum absolute atomic E-state index is 11.6. The molecule has 1 rings (SSSR count). The number of rotatable bonds is 3. The first-order valence-corrected chi connectivity index (χ1v) is 6.61. The van der Waals surface area contributed by atoms with Crippen LogP contribution < -0.4 is 5.32 Å². The van der Waals surface area contributed by atoms with Gasteiger partial charge < -0.3 is 5.32 Å². The fraction of sp³-hybridized carbons (Fsp3) is 0.500. The molecule has 1 aliphatic rings. The van der Waals surface area contributed by atoms with Crippen LogP contribution in [0.5, 0.6) is 0 Å². The standard InChI is InChI=1S/C10H15NOS.C2H6/c1-4-6-8-9(11-3)7-13(12)10(8)5-2;1-2/h4-6,9,11H,2,7H2,1,3H3;1-2H3/b6-4-;. The van der Waals surface area contributed by atoms with Gasteiger partial charge in [0.15, 0.2) is 0 Å². The Labute approximate surface area is 95.6 Å². The molecule has 0 aromatic carbocycles. The molecule has 1 heterocycles. The number of allylic oxidation sites excluding steroid dienone is 2. The highest BCUT2D eigenvalue weighted by molar-refractivity contribution is 7.89. The molecule has 0 bridgehead atoms. The van der Waals surface area contributed by atoms with E-state index in [1.54, 1.807) is 6.08 Å². The topological polar surface area (TPSA) is 29.1 Å². The molecule has 2 unspecified atom stereocenters. The summed E-state index contributed by atoms with van der Waals surface area (Å²) in [6.07, 6.45) is 5.66.